The Morgan fingerprint density at radius 1 is 1.03 bits per heavy atom. The number of carbonyl (C=O) groups excluding carboxylic acids is 3. The maximum Gasteiger partial charge on any atom is 0.244 e. The summed E-state index contributed by atoms with van der Waals surface area (Å²) >= 11 is 5.05. The number of nitrogens with one attached hydrogen (secondary N) is 1. The third-order valence-electron chi connectivity index (χ3n) is 4.87. The van der Waals surface area contributed by atoms with Crippen LogP contribution in [-0.2, 0) is 14.4 Å². The summed E-state index contributed by atoms with van der Waals surface area (Å²) in [4.78, 5) is 41.2. The van der Waals surface area contributed by atoms with E-state index >= 15 is 0 Å². The van der Waals surface area contributed by atoms with Crippen molar-refractivity contribution in [2.24, 2.45) is 0 Å². The number of halogens is 1. The number of piperazine rings is 1. The van der Waals surface area contributed by atoms with Crippen molar-refractivity contribution in [3.05, 3.63) is 51.8 Å². The fraction of sp³-hybridized carbons (Fsp3) is 0.318. The normalized spacial score (nSPS) is 14.2. The molecule has 2 aromatic rings. The number of amides is 3. The van der Waals surface area contributed by atoms with Crippen molar-refractivity contribution in [2.75, 3.05) is 32.7 Å². The van der Waals surface area contributed by atoms with Crippen LogP contribution < -0.4 is 5.32 Å². The Kier molecular flexibility index (Phi) is 7.81. The third kappa shape index (κ3) is 6.27. The highest BCUT2D eigenvalue weighted by Crippen LogP contribution is 2.29. The van der Waals surface area contributed by atoms with Gasteiger partial charge in [-0.3, -0.25) is 14.4 Å². The molecule has 1 fully saturated rings. The van der Waals surface area contributed by atoms with Gasteiger partial charge in [-0.1, -0.05) is 28.1 Å². The Balaban J connectivity index is 1.40. The lowest BCUT2D eigenvalue weighted by atomic mass is 10.2. The molecule has 1 aromatic carbocycles. The van der Waals surface area contributed by atoms with E-state index < -0.39 is 0 Å². The molecule has 158 valence electrons. The van der Waals surface area contributed by atoms with Crippen LogP contribution in [0.4, 0.5) is 0 Å². The minimum atomic E-state index is -0.220. The van der Waals surface area contributed by atoms with Crippen molar-refractivity contribution < 1.29 is 14.4 Å². The van der Waals surface area contributed by atoms with Crippen LogP contribution in [0.15, 0.2) is 46.9 Å². The number of benzene rings is 1. The van der Waals surface area contributed by atoms with E-state index in [0.29, 0.717) is 32.7 Å². The molecule has 0 bridgehead atoms. The summed E-state index contributed by atoms with van der Waals surface area (Å²) in [6, 6.07) is 12.1. The zero-order valence-electron chi connectivity index (χ0n) is 16.8. The van der Waals surface area contributed by atoms with Crippen LogP contribution in [-0.4, -0.2) is 60.2 Å². The van der Waals surface area contributed by atoms with E-state index in [1.165, 1.54) is 6.08 Å². The lowest BCUT2D eigenvalue weighted by Gasteiger charge is -2.34. The van der Waals surface area contributed by atoms with Crippen LogP contribution in [0.3, 0.4) is 0 Å². The van der Waals surface area contributed by atoms with Gasteiger partial charge >= 0.3 is 0 Å². The van der Waals surface area contributed by atoms with Crippen LogP contribution in [0.5, 0.6) is 0 Å². The second kappa shape index (κ2) is 10.5. The minimum absolute atomic E-state index is 0.000113. The molecule has 1 aliphatic heterocycles. The molecule has 1 N–H and O–H groups in total. The van der Waals surface area contributed by atoms with Crippen LogP contribution in [0.2, 0.25) is 0 Å². The highest BCUT2D eigenvalue weighted by atomic mass is 79.9. The summed E-state index contributed by atoms with van der Waals surface area (Å²) < 4.78 is 1.04. The molecule has 0 radical (unpaired) electrons. The van der Waals surface area contributed by atoms with Gasteiger partial charge in [0.2, 0.25) is 17.7 Å². The van der Waals surface area contributed by atoms with Crippen LogP contribution in [0, 0.1) is 0 Å². The van der Waals surface area contributed by atoms with Crippen LogP contribution in [0.1, 0.15) is 18.2 Å². The standard InChI is InChI=1S/C22H24BrN3O3S/c1-16(27)25-12-14-26(15-13-25)22(29)10-11-24-21(28)9-7-19-6-8-20(30-19)17-2-4-18(23)5-3-17/h2-9H,10-15H2,1H3,(H,24,28). The molecule has 2 heterocycles. The smallest absolute Gasteiger partial charge is 0.244 e. The molecule has 8 heteroatoms. The van der Waals surface area contributed by atoms with E-state index in [-0.39, 0.29) is 24.1 Å². The molecule has 1 aromatic heterocycles. The Bertz CT molecular complexity index is 931. The number of carbonyl (C=O) groups is 3. The second-order valence-corrected chi connectivity index (χ2v) is 9.00. The highest BCUT2D eigenvalue weighted by molar-refractivity contribution is 9.10. The summed E-state index contributed by atoms with van der Waals surface area (Å²) in [5.74, 6) is -0.182. The molecule has 6 nitrogen and oxygen atoms in total. The van der Waals surface area contributed by atoms with Gasteiger partial charge in [0.05, 0.1) is 0 Å². The Hall–Kier alpha value is -2.45. The first kappa shape index (κ1) is 22.2. The van der Waals surface area contributed by atoms with Crippen LogP contribution in [0.25, 0.3) is 16.5 Å². The van der Waals surface area contributed by atoms with Gasteiger partial charge in [0.15, 0.2) is 0 Å². The van der Waals surface area contributed by atoms with E-state index in [0.717, 1.165) is 19.8 Å². The van der Waals surface area contributed by atoms with Gasteiger partial charge < -0.3 is 15.1 Å². The fourth-order valence-electron chi connectivity index (χ4n) is 3.15. The number of nitrogens with zero attached hydrogens (tertiary/aromatic N) is 2. The Morgan fingerprint density at radius 2 is 1.70 bits per heavy atom. The fourth-order valence-corrected chi connectivity index (χ4v) is 4.33. The minimum Gasteiger partial charge on any atom is -0.352 e. The molecular formula is C22H24BrN3O3S. The second-order valence-electron chi connectivity index (χ2n) is 6.97. The monoisotopic (exact) mass is 489 g/mol. The van der Waals surface area contributed by atoms with Crippen molar-refractivity contribution in [2.45, 2.75) is 13.3 Å². The van der Waals surface area contributed by atoms with Gasteiger partial charge in [0.25, 0.3) is 0 Å². The van der Waals surface area contributed by atoms with Crippen LogP contribution >= 0.6 is 27.3 Å². The largest absolute Gasteiger partial charge is 0.352 e. The first-order valence-corrected chi connectivity index (χ1v) is 11.4. The maximum atomic E-state index is 12.2. The van der Waals surface area contributed by atoms with Gasteiger partial charge in [0, 0.05) is 66.4 Å². The van der Waals surface area contributed by atoms with Gasteiger partial charge in [0.1, 0.15) is 0 Å². The quantitative estimate of drug-likeness (QED) is 0.632. The van der Waals surface area contributed by atoms with Gasteiger partial charge in [-0.25, -0.2) is 0 Å². The van der Waals surface area contributed by atoms with E-state index in [1.54, 1.807) is 34.1 Å². The third-order valence-corrected chi connectivity index (χ3v) is 6.50. The van der Waals surface area contributed by atoms with E-state index in [9.17, 15) is 14.4 Å². The molecule has 0 aliphatic carbocycles. The highest BCUT2D eigenvalue weighted by Gasteiger charge is 2.21. The molecule has 0 atom stereocenters. The zero-order valence-corrected chi connectivity index (χ0v) is 19.2. The SMILES string of the molecule is CC(=O)N1CCN(C(=O)CCNC(=O)C=Cc2ccc(-c3ccc(Br)cc3)s2)CC1. The number of rotatable bonds is 6. The predicted molar refractivity (Wildman–Crippen MR) is 123 cm³/mol. The maximum absolute atomic E-state index is 12.2. The van der Waals surface area contributed by atoms with Gasteiger partial charge in [-0.2, -0.15) is 0 Å². The zero-order chi connectivity index (χ0) is 21.5. The van der Waals surface area contributed by atoms with E-state index in [2.05, 4.69) is 21.2 Å². The molecule has 3 amide bonds. The molecule has 1 aliphatic rings. The predicted octanol–water partition coefficient (Wildman–Crippen LogP) is 3.39. The first-order valence-electron chi connectivity index (χ1n) is 9.77. The van der Waals surface area contributed by atoms with Gasteiger partial charge in [-0.15, -0.1) is 11.3 Å². The molecule has 0 saturated carbocycles. The Morgan fingerprint density at radius 3 is 2.37 bits per heavy atom. The number of hydrogen-bond donors (Lipinski definition) is 1. The summed E-state index contributed by atoms with van der Waals surface area (Å²) in [5.41, 5.74) is 1.13. The number of thiophene rings is 1. The lowest BCUT2D eigenvalue weighted by molar-refractivity contribution is -0.138. The lowest BCUT2D eigenvalue weighted by Crippen LogP contribution is -2.50. The first-order chi connectivity index (χ1) is 14.4. The van der Waals surface area contributed by atoms with Crippen molar-refractivity contribution in [1.29, 1.82) is 0 Å². The van der Waals surface area contributed by atoms with Crippen molar-refractivity contribution >= 4 is 51.1 Å². The number of hydrogen-bond acceptors (Lipinski definition) is 4. The van der Waals surface area contributed by atoms with Crippen molar-refractivity contribution in [3.63, 3.8) is 0 Å². The summed E-state index contributed by atoms with van der Waals surface area (Å²) in [7, 11) is 0. The van der Waals surface area contributed by atoms with E-state index in [1.807, 2.05) is 36.4 Å². The average molecular weight is 490 g/mol. The topological polar surface area (TPSA) is 69.7 Å². The Labute approximate surface area is 188 Å². The molecular weight excluding hydrogens is 466 g/mol. The summed E-state index contributed by atoms with van der Waals surface area (Å²) in [6.07, 6.45) is 3.53. The van der Waals surface area contributed by atoms with Crippen molar-refractivity contribution in [3.8, 4) is 10.4 Å². The molecule has 0 unspecified atom stereocenters. The molecule has 3 rings (SSSR count). The molecule has 0 spiro atoms. The van der Waals surface area contributed by atoms with Gasteiger partial charge in [-0.05, 0) is 35.9 Å². The molecule has 30 heavy (non-hydrogen) atoms. The summed E-state index contributed by atoms with van der Waals surface area (Å²) in [6.45, 7) is 4.07. The molecule has 1 saturated heterocycles. The average Bonchev–Trinajstić information content (AvgIpc) is 3.22. The van der Waals surface area contributed by atoms with E-state index in [4.69, 9.17) is 0 Å². The van der Waals surface area contributed by atoms with Crippen molar-refractivity contribution in [1.82, 2.24) is 15.1 Å². The summed E-state index contributed by atoms with van der Waals surface area (Å²) in [5, 5.41) is 2.76.